The first-order valence-corrected chi connectivity index (χ1v) is 11.8. The zero-order valence-electron chi connectivity index (χ0n) is 19.5. The van der Waals surface area contributed by atoms with E-state index in [1.165, 1.54) is 0 Å². The zero-order chi connectivity index (χ0) is 24.9. The molecule has 0 spiro atoms. The molecule has 1 saturated carbocycles. The number of anilines is 1. The zero-order valence-corrected chi connectivity index (χ0v) is 19.5. The third-order valence-electron chi connectivity index (χ3n) is 6.54. The molecule has 180 valence electrons. The SMILES string of the molecule is C=C(Nc1cncc(-c2ncc3[nH]nc(-c4nc5c(-c6ccncc6)cncc5[nH]4)c3c2F)c1)C1CC1. The number of nitrogens with one attached hydrogen (secondary N) is 3. The van der Waals surface area contributed by atoms with Crippen LogP contribution in [0.3, 0.4) is 0 Å². The van der Waals surface area contributed by atoms with E-state index in [0.29, 0.717) is 44.9 Å². The Morgan fingerprint density at radius 3 is 2.62 bits per heavy atom. The lowest BCUT2D eigenvalue weighted by molar-refractivity contribution is 0.638. The molecule has 10 heteroatoms. The van der Waals surface area contributed by atoms with Crippen molar-refractivity contribution in [2.24, 2.45) is 5.92 Å². The first kappa shape index (κ1) is 21.3. The van der Waals surface area contributed by atoms with E-state index in [4.69, 9.17) is 4.98 Å². The quantitative estimate of drug-likeness (QED) is 0.283. The fourth-order valence-electron chi connectivity index (χ4n) is 4.49. The number of aromatic amines is 2. The van der Waals surface area contributed by atoms with Crippen LogP contribution in [0.25, 0.3) is 55.8 Å². The molecule has 37 heavy (non-hydrogen) atoms. The second-order valence-electron chi connectivity index (χ2n) is 9.07. The number of H-pyrrole nitrogens is 2. The predicted octanol–water partition coefficient (Wildman–Crippen LogP) is 5.49. The Labute approximate surface area is 210 Å². The molecule has 0 atom stereocenters. The number of hydrogen-bond donors (Lipinski definition) is 3. The molecule has 1 fully saturated rings. The van der Waals surface area contributed by atoms with E-state index in [1.54, 1.807) is 43.4 Å². The molecule has 1 aliphatic carbocycles. The minimum atomic E-state index is -0.505. The number of aromatic nitrogens is 8. The maximum Gasteiger partial charge on any atom is 0.161 e. The van der Waals surface area contributed by atoms with Crippen LogP contribution in [0.4, 0.5) is 10.1 Å². The van der Waals surface area contributed by atoms with Gasteiger partial charge in [-0.25, -0.2) is 9.37 Å². The van der Waals surface area contributed by atoms with Crippen molar-refractivity contribution < 1.29 is 4.39 Å². The molecule has 0 amide bonds. The summed E-state index contributed by atoms with van der Waals surface area (Å²) in [6.45, 7) is 4.10. The molecule has 9 nitrogen and oxygen atoms in total. The molecule has 3 N–H and O–H groups in total. The molecule has 6 heterocycles. The molecule has 7 rings (SSSR count). The van der Waals surface area contributed by atoms with Crippen LogP contribution in [-0.2, 0) is 0 Å². The standard InChI is InChI=1S/C27H20FN9/c1-14(15-2-3-15)33-18-8-17(9-30-10-18)24-23(28)22-20(13-32-24)36-37-26(22)27-34-21-12-31-11-19(25(21)35-27)16-4-6-29-7-5-16/h4-13,15,33H,1-3H2,(H,34,35)(H,36,37). The maximum absolute atomic E-state index is 16.0. The molecule has 0 aliphatic heterocycles. The van der Waals surface area contributed by atoms with Crippen molar-refractivity contribution in [3.8, 4) is 33.9 Å². The number of allylic oxidation sites excluding steroid dienone is 1. The summed E-state index contributed by atoms with van der Waals surface area (Å²) in [4.78, 5) is 25.1. The van der Waals surface area contributed by atoms with E-state index in [-0.39, 0.29) is 5.69 Å². The van der Waals surface area contributed by atoms with Gasteiger partial charge in [0.05, 0.1) is 46.2 Å². The number of nitrogens with zero attached hydrogens (tertiary/aromatic N) is 6. The van der Waals surface area contributed by atoms with Crippen molar-refractivity contribution in [1.82, 2.24) is 40.1 Å². The van der Waals surface area contributed by atoms with E-state index < -0.39 is 5.82 Å². The van der Waals surface area contributed by atoms with Crippen molar-refractivity contribution in [1.29, 1.82) is 0 Å². The van der Waals surface area contributed by atoms with E-state index in [2.05, 4.69) is 47.0 Å². The molecule has 0 aromatic carbocycles. The van der Waals surface area contributed by atoms with Gasteiger partial charge in [0.15, 0.2) is 11.6 Å². The highest BCUT2D eigenvalue weighted by molar-refractivity contribution is 5.97. The highest BCUT2D eigenvalue weighted by Gasteiger charge is 2.25. The summed E-state index contributed by atoms with van der Waals surface area (Å²) >= 11 is 0. The van der Waals surface area contributed by atoms with Gasteiger partial charge in [0, 0.05) is 41.6 Å². The van der Waals surface area contributed by atoms with Crippen molar-refractivity contribution in [2.75, 3.05) is 5.32 Å². The van der Waals surface area contributed by atoms with Gasteiger partial charge in [-0.3, -0.25) is 25.0 Å². The number of hydrogen-bond acceptors (Lipinski definition) is 7. The third-order valence-corrected chi connectivity index (χ3v) is 6.54. The Morgan fingerprint density at radius 1 is 0.946 bits per heavy atom. The van der Waals surface area contributed by atoms with Gasteiger partial charge in [0.1, 0.15) is 11.4 Å². The van der Waals surface area contributed by atoms with Crippen molar-refractivity contribution in [3.05, 3.63) is 79.7 Å². The van der Waals surface area contributed by atoms with Crippen LogP contribution in [0, 0.1) is 11.7 Å². The van der Waals surface area contributed by atoms with Gasteiger partial charge in [-0.05, 0) is 42.5 Å². The Kier molecular flexibility index (Phi) is 4.78. The largest absolute Gasteiger partial charge is 0.358 e. The van der Waals surface area contributed by atoms with E-state index in [0.717, 1.165) is 35.4 Å². The molecular weight excluding hydrogens is 469 g/mol. The number of fused-ring (bicyclic) bond motifs is 2. The summed E-state index contributed by atoms with van der Waals surface area (Å²) in [6.07, 6.45) is 14.0. The van der Waals surface area contributed by atoms with Crippen LogP contribution in [-0.4, -0.2) is 40.1 Å². The van der Waals surface area contributed by atoms with Crippen LogP contribution >= 0.6 is 0 Å². The lowest BCUT2D eigenvalue weighted by Crippen LogP contribution is -2.01. The first-order chi connectivity index (χ1) is 18.2. The van der Waals surface area contributed by atoms with Crippen LogP contribution in [0.5, 0.6) is 0 Å². The smallest absolute Gasteiger partial charge is 0.161 e. The van der Waals surface area contributed by atoms with Gasteiger partial charge in [0.2, 0.25) is 0 Å². The number of imidazole rings is 1. The monoisotopic (exact) mass is 489 g/mol. The summed E-state index contributed by atoms with van der Waals surface area (Å²) < 4.78 is 16.0. The summed E-state index contributed by atoms with van der Waals surface area (Å²) in [5.74, 6) is 0.408. The predicted molar refractivity (Wildman–Crippen MR) is 139 cm³/mol. The van der Waals surface area contributed by atoms with E-state index >= 15 is 4.39 Å². The molecule has 0 unspecified atom stereocenters. The van der Waals surface area contributed by atoms with E-state index in [1.807, 2.05) is 18.2 Å². The fraction of sp³-hybridized carbons (Fsp3) is 0.111. The fourth-order valence-corrected chi connectivity index (χ4v) is 4.49. The minimum Gasteiger partial charge on any atom is -0.358 e. The Bertz CT molecular complexity index is 1800. The molecule has 0 saturated heterocycles. The normalized spacial score (nSPS) is 13.3. The van der Waals surface area contributed by atoms with Gasteiger partial charge in [0.25, 0.3) is 0 Å². The molecule has 6 aromatic rings. The molecule has 1 aliphatic rings. The summed E-state index contributed by atoms with van der Waals surface area (Å²) in [5.41, 5.74) is 6.45. The second-order valence-corrected chi connectivity index (χ2v) is 9.07. The average molecular weight is 490 g/mol. The van der Waals surface area contributed by atoms with Crippen molar-refractivity contribution >= 4 is 27.6 Å². The van der Waals surface area contributed by atoms with Gasteiger partial charge >= 0.3 is 0 Å². The number of halogens is 1. The van der Waals surface area contributed by atoms with Crippen LogP contribution in [0.2, 0.25) is 0 Å². The lowest BCUT2D eigenvalue weighted by atomic mass is 10.1. The van der Waals surface area contributed by atoms with Crippen molar-refractivity contribution in [2.45, 2.75) is 12.8 Å². The summed E-state index contributed by atoms with van der Waals surface area (Å²) in [7, 11) is 0. The van der Waals surface area contributed by atoms with Crippen LogP contribution in [0.1, 0.15) is 12.8 Å². The van der Waals surface area contributed by atoms with Gasteiger partial charge < -0.3 is 10.3 Å². The second kappa shape index (κ2) is 8.30. The molecule has 0 radical (unpaired) electrons. The van der Waals surface area contributed by atoms with Crippen LogP contribution < -0.4 is 5.32 Å². The van der Waals surface area contributed by atoms with Gasteiger partial charge in [-0.2, -0.15) is 5.10 Å². The Hall–Kier alpha value is -4.99. The Balaban J connectivity index is 1.32. The summed E-state index contributed by atoms with van der Waals surface area (Å²) in [6, 6.07) is 5.61. The van der Waals surface area contributed by atoms with E-state index in [9.17, 15) is 0 Å². The van der Waals surface area contributed by atoms with Crippen LogP contribution in [0.15, 0.2) is 73.9 Å². The highest BCUT2D eigenvalue weighted by atomic mass is 19.1. The molecule has 6 aromatic heterocycles. The molecule has 0 bridgehead atoms. The van der Waals surface area contributed by atoms with Gasteiger partial charge in [-0.15, -0.1) is 0 Å². The Morgan fingerprint density at radius 2 is 1.78 bits per heavy atom. The lowest BCUT2D eigenvalue weighted by Gasteiger charge is -2.10. The topological polar surface area (TPSA) is 121 Å². The van der Waals surface area contributed by atoms with Crippen molar-refractivity contribution in [3.63, 3.8) is 0 Å². The molecular formula is C27H20FN9. The average Bonchev–Trinajstić information content (AvgIpc) is 3.54. The van der Waals surface area contributed by atoms with Gasteiger partial charge in [-0.1, -0.05) is 6.58 Å². The number of pyridine rings is 4. The minimum absolute atomic E-state index is 0.179. The summed E-state index contributed by atoms with van der Waals surface area (Å²) in [5, 5.41) is 10.8. The first-order valence-electron chi connectivity index (χ1n) is 11.8. The third kappa shape index (κ3) is 3.70. The maximum atomic E-state index is 16.0. The highest BCUT2D eigenvalue weighted by Crippen LogP contribution is 2.37. The number of rotatable bonds is 6.